The first kappa shape index (κ1) is 12.8. The third-order valence-corrected chi connectivity index (χ3v) is 5.37. The second kappa shape index (κ2) is 3.11. The van der Waals surface area contributed by atoms with E-state index >= 15 is 0 Å². The van der Waals surface area contributed by atoms with Gasteiger partial charge in [-0.2, -0.15) is 0 Å². The van der Waals surface area contributed by atoms with Crippen molar-refractivity contribution in [3.05, 3.63) is 0 Å². The van der Waals surface area contributed by atoms with Crippen molar-refractivity contribution in [2.45, 2.75) is 45.6 Å². The highest BCUT2D eigenvalue weighted by Gasteiger charge is 2.70. The molecule has 0 spiro atoms. The van der Waals surface area contributed by atoms with E-state index in [0.717, 1.165) is 12.8 Å². The highest BCUT2D eigenvalue weighted by molar-refractivity contribution is 5.85. The van der Waals surface area contributed by atoms with E-state index in [2.05, 4.69) is 13.8 Å². The summed E-state index contributed by atoms with van der Waals surface area (Å²) in [4.78, 5) is 11.3. The fourth-order valence-electron chi connectivity index (χ4n) is 3.69. The molecule has 0 heterocycles. The lowest BCUT2D eigenvalue weighted by Gasteiger charge is -2.43. The van der Waals surface area contributed by atoms with Crippen molar-refractivity contribution in [2.24, 2.45) is 22.5 Å². The summed E-state index contributed by atoms with van der Waals surface area (Å²) in [5.74, 6) is -0.344. The molecule has 0 radical (unpaired) electrons. The molecule has 2 aliphatic carbocycles. The summed E-state index contributed by atoms with van der Waals surface area (Å²) in [5.41, 5.74) is 4.93. The largest absolute Gasteiger partial charge is 0.480 e. The van der Waals surface area contributed by atoms with Crippen LogP contribution in [0.2, 0.25) is 0 Å². The third-order valence-electron chi connectivity index (χ3n) is 5.37. The molecule has 0 saturated heterocycles. The van der Waals surface area contributed by atoms with Crippen molar-refractivity contribution < 1.29 is 9.90 Å². The number of carboxylic acids is 1. The highest BCUT2D eigenvalue weighted by atomic mass is 35.5. The minimum Gasteiger partial charge on any atom is -0.480 e. The van der Waals surface area contributed by atoms with E-state index in [9.17, 15) is 9.90 Å². The summed E-state index contributed by atoms with van der Waals surface area (Å²) in [6.07, 6.45) is 2.73. The quantitative estimate of drug-likeness (QED) is 0.729. The van der Waals surface area contributed by atoms with Crippen LogP contribution in [0.4, 0.5) is 0 Å². The van der Waals surface area contributed by atoms with Gasteiger partial charge in [0.15, 0.2) is 0 Å². The zero-order chi connectivity index (χ0) is 10.8. The van der Waals surface area contributed by atoms with Gasteiger partial charge in [-0.1, -0.05) is 20.8 Å². The van der Waals surface area contributed by atoms with Crippen LogP contribution in [0, 0.1) is 16.7 Å². The number of hydrogen-bond donors (Lipinski definition) is 2. The normalized spacial score (nSPS) is 46.3. The molecule has 0 aromatic carbocycles. The zero-order valence-corrected chi connectivity index (χ0v) is 10.4. The van der Waals surface area contributed by atoms with Crippen LogP contribution in [-0.2, 0) is 4.79 Å². The van der Waals surface area contributed by atoms with Gasteiger partial charge in [0.05, 0.1) is 0 Å². The standard InChI is InChI=1S/C11H19NO2.ClH/c1-9(2)7-4-5-10(9,3)11(12,6-7)8(13)14;/h7H,4-6,12H2,1-3H3,(H,13,14);1H/t7?,10-,11+;/m1./s1. The van der Waals surface area contributed by atoms with Crippen LogP contribution in [0.5, 0.6) is 0 Å². The molecule has 2 saturated carbocycles. The molecule has 2 rings (SSSR count). The summed E-state index contributed by atoms with van der Waals surface area (Å²) in [7, 11) is 0. The van der Waals surface area contributed by atoms with Crippen molar-refractivity contribution in [1.82, 2.24) is 0 Å². The second-order valence-corrected chi connectivity index (χ2v) is 5.77. The number of nitrogens with two attached hydrogens (primary N) is 1. The first-order valence-electron chi connectivity index (χ1n) is 5.28. The van der Waals surface area contributed by atoms with E-state index in [1.54, 1.807) is 0 Å². The molecule has 3 N–H and O–H groups in total. The molecule has 0 aromatic heterocycles. The Labute approximate surface area is 96.8 Å². The van der Waals surface area contributed by atoms with E-state index in [-0.39, 0.29) is 23.2 Å². The number of hydrogen-bond acceptors (Lipinski definition) is 2. The van der Waals surface area contributed by atoms with Gasteiger partial charge in [-0.15, -0.1) is 12.4 Å². The number of carbonyl (C=O) groups is 1. The Morgan fingerprint density at radius 1 is 1.40 bits per heavy atom. The van der Waals surface area contributed by atoms with Crippen LogP contribution in [-0.4, -0.2) is 16.6 Å². The van der Waals surface area contributed by atoms with Crippen LogP contribution in [0.3, 0.4) is 0 Å². The van der Waals surface area contributed by atoms with Crippen molar-refractivity contribution in [3.63, 3.8) is 0 Å². The molecule has 0 amide bonds. The third kappa shape index (κ3) is 1.14. The van der Waals surface area contributed by atoms with E-state index in [4.69, 9.17) is 5.73 Å². The lowest BCUT2D eigenvalue weighted by atomic mass is 9.63. The van der Waals surface area contributed by atoms with Crippen LogP contribution in [0.1, 0.15) is 40.0 Å². The summed E-state index contributed by atoms with van der Waals surface area (Å²) in [5, 5.41) is 9.27. The lowest BCUT2D eigenvalue weighted by molar-refractivity contribution is -0.149. The average molecular weight is 234 g/mol. The molecule has 1 unspecified atom stereocenters. The van der Waals surface area contributed by atoms with Crippen molar-refractivity contribution in [2.75, 3.05) is 0 Å². The van der Waals surface area contributed by atoms with Gasteiger partial charge < -0.3 is 10.8 Å². The number of carboxylic acid groups (broad SMARTS) is 1. The Bertz CT molecular complexity index is 305. The first-order valence-corrected chi connectivity index (χ1v) is 5.28. The maximum absolute atomic E-state index is 11.3. The van der Waals surface area contributed by atoms with Crippen molar-refractivity contribution in [1.29, 1.82) is 0 Å². The molecular weight excluding hydrogens is 214 g/mol. The predicted molar refractivity (Wildman–Crippen MR) is 61.0 cm³/mol. The number of halogens is 1. The van der Waals surface area contributed by atoms with Crippen LogP contribution in [0.25, 0.3) is 0 Å². The maximum atomic E-state index is 11.3. The van der Waals surface area contributed by atoms with Gasteiger partial charge >= 0.3 is 5.97 Å². The Morgan fingerprint density at radius 2 is 1.93 bits per heavy atom. The predicted octanol–water partition coefficient (Wildman–Crippen LogP) is 2.04. The maximum Gasteiger partial charge on any atom is 0.324 e. The number of aliphatic carboxylic acids is 1. The van der Waals surface area contributed by atoms with Gasteiger partial charge in [0.2, 0.25) is 0 Å². The summed E-state index contributed by atoms with van der Waals surface area (Å²) in [6, 6.07) is 0. The molecule has 88 valence electrons. The fourth-order valence-corrected chi connectivity index (χ4v) is 3.69. The Morgan fingerprint density at radius 3 is 2.13 bits per heavy atom. The molecule has 4 heteroatoms. The molecule has 3 atom stereocenters. The molecular formula is C11H20ClNO2. The van der Waals surface area contributed by atoms with Gasteiger partial charge in [-0.3, -0.25) is 4.79 Å². The Balaban J connectivity index is 0.00000112. The minimum absolute atomic E-state index is 0. The van der Waals surface area contributed by atoms with Crippen LogP contribution >= 0.6 is 12.4 Å². The van der Waals surface area contributed by atoms with Gasteiger partial charge in [-0.05, 0) is 30.6 Å². The molecule has 3 nitrogen and oxygen atoms in total. The summed E-state index contributed by atoms with van der Waals surface area (Å²) < 4.78 is 0. The van der Waals surface area contributed by atoms with Crippen LogP contribution < -0.4 is 5.73 Å². The first-order chi connectivity index (χ1) is 6.26. The summed E-state index contributed by atoms with van der Waals surface area (Å²) >= 11 is 0. The number of fused-ring (bicyclic) bond motifs is 2. The minimum atomic E-state index is -1.00. The van der Waals surface area contributed by atoms with E-state index in [1.807, 2.05) is 6.92 Å². The topological polar surface area (TPSA) is 63.3 Å². The highest BCUT2D eigenvalue weighted by Crippen LogP contribution is 2.68. The van der Waals surface area contributed by atoms with Crippen LogP contribution in [0.15, 0.2) is 0 Å². The van der Waals surface area contributed by atoms with E-state index in [0.29, 0.717) is 12.3 Å². The molecule has 0 aliphatic heterocycles. The molecule has 2 aliphatic rings. The SMILES string of the molecule is CC1(C)C2CC[C@@]1(C)[C@@](N)(C(=O)O)C2.Cl. The monoisotopic (exact) mass is 233 g/mol. The average Bonchev–Trinajstić information content (AvgIpc) is 2.36. The molecule has 2 fully saturated rings. The van der Waals surface area contributed by atoms with Gasteiger partial charge in [-0.25, -0.2) is 0 Å². The van der Waals surface area contributed by atoms with Crippen molar-refractivity contribution >= 4 is 18.4 Å². The smallest absolute Gasteiger partial charge is 0.324 e. The Hall–Kier alpha value is -0.280. The molecule has 15 heavy (non-hydrogen) atoms. The fraction of sp³-hybridized carbons (Fsp3) is 0.909. The van der Waals surface area contributed by atoms with Gasteiger partial charge in [0.1, 0.15) is 5.54 Å². The molecule has 2 bridgehead atoms. The second-order valence-electron chi connectivity index (χ2n) is 5.77. The molecule has 0 aromatic rings. The number of rotatable bonds is 1. The van der Waals surface area contributed by atoms with Gasteiger partial charge in [0.25, 0.3) is 0 Å². The van der Waals surface area contributed by atoms with Crippen molar-refractivity contribution in [3.8, 4) is 0 Å². The van der Waals surface area contributed by atoms with E-state index in [1.165, 1.54) is 0 Å². The zero-order valence-electron chi connectivity index (χ0n) is 9.54. The van der Waals surface area contributed by atoms with Gasteiger partial charge in [0, 0.05) is 5.41 Å². The summed E-state index contributed by atoms with van der Waals surface area (Å²) in [6.45, 7) is 6.39. The van der Waals surface area contributed by atoms with E-state index < -0.39 is 11.5 Å². The Kier molecular flexibility index (Phi) is 2.65. The lowest BCUT2D eigenvalue weighted by Crippen LogP contribution is -2.59.